The van der Waals surface area contributed by atoms with Crippen molar-refractivity contribution in [2.24, 2.45) is 5.92 Å². The fraction of sp³-hybridized carbons (Fsp3) is 0.219. The zero-order valence-corrected chi connectivity index (χ0v) is 23.1. The molecule has 1 saturated carbocycles. The summed E-state index contributed by atoms with van der Waals surface area (Å²) in [7, 11) is 0. The van der Waals surface area contributed by atoms with E-state index in [0.29, 0.717) is 18.0 Å². The highest BCUT2D eigenvalue weighted by Gasteiger charge is 2.18. The number of nitrogens with two attached hydrogens (primary N) is 1. The Bertz CT molecular complexity index is 1530. The molecule has 0 amide bonds. The summed E-state index contributed by atoms with van der Waals surface area (Å²) in [6.07, 6.45) is 23.0. The van der Waals surface area contributed by atoms with Crippen molar-refractivity contribution >= 4 is 33.6 Å². The Morgan fingerprint density at radius 2 is 2.05 bits per heavy atom. The number of fused-ring (bicyclic) bond motifs is 1. The second kappa shape index (κ2) is 12.9. The van der Waals surface area contributed by atoms with E-state index >= 15 is 0 Å². The Labute approximate surface area is 234 Å². The van der Waals surface area contributed by atoms with E-state index < -0.39 is 0 Å². The van der Waals surface area contributed by atoms with Gasteiger partial charge in [-0.1, -0.05) is 32.1 Å². The number of allylic oxidation sites excluding steroid dienone is 5. The highest BCUT2D eigenvalue weighted by Crippen LogP contribution is 2.30. The van der Waals surface area contributed by atoms with Gasteiger partial charge in [0.25, 0.3) is 0 Å². The van der Waals surface area contributed by atoms with Crippen molar-refractivity contribution in [1.82, 2.24) is 25.3 Å². The molecule has 0 bridgehead atoms. The highest BCUT2D eigenvalue weighted by atomic mass is 32.1. The number of thiophene rings is 1. The Kier molecular flexibility index (Phi) is 9.14. The highest BCUT2D eigenvalue weighted by molar-refractivity contribution is 7.08. The van der Waals surface area contributed by atoms with Gasteiger partial charge in [0.2, 0.25) is 0 Å². The van der Waals surface area contributed by atoms with Crippen LogP contribution in [-0.2, 0) is 6.42 Å². The number of pyridine rings is 2. The number of H-pyrrole nitrogens is 1. The van der Waals surface area contributed by atoms with Crippen LogP contribution in [0.25, 0.3) is 27.9 Å². The van der Waals surface area contributed by atoms with E-state index in [2.05, 4.69) is 63.8 Å². The zero-order chi connectivity index (χ0) is 27.8. The summed E-state index contributed by atoms with van der Waals surface area (Å²) in [5.41, 5.74) is 15.5. The number of nitrogen functional groups attached to an aromatic ring is 1. The van der Waals surface area contributed by atoms with Gasteiger partial charge in [-0.05, 0) is 72.6 Å². The molecule has 5 rings (SSSR count). The van der Waals surface area contributed by atoms with Crippen LogP contribution in [-0.4, -0.2) is 19.9 Å². The molecule has 6 nitrogen and oxygen atoms in total. The van der Waals surface area contributed by atoms with Crippen LogP contribution in [0.5, 0.6) is 0 Å². The summed E-state index contributed by atoms with van der Waals surface area (Å²) >= 11 is 1.65. The van der Waals surface area contributed by atoms with Crippen LogP contribution >= 0.6 is 11.3 Å². The zero-order valence-electron chi connectivity index (χ0n) is 22.3. The monoisotopic (exact) mass is 534 g/mol. The normalized spacial score (nSPS) is 14.1. The SMILES string of the molecule is C#C.C=C/C(=C\C(=C/C)c1cc(Cc2nc3c(-c4ccsc4)nccc3[nH]2)c(N)cn1)NC(=C)C1CCCC1. The van der Waals surface area contributed by atoms with E-state index in [1.54, 1.807) is 17.5 Å². The molecule has 0 spiro atoms. The van der Waals surface area contributed by atoms with E-state index in [9.17, 15) is 0 Å². The number of hydrogen-bond acceptors (Lipinski definition) is 6. The van der Waals surface area contributed by atoms with Gasteiger partial charge >= 0.3 is 0 Å². The predicted octanol–water partition coefficient (Wildman–Crippen LogP) is 7.27. The quantitative estimate of drug-likeness (QED) is 0.155. The van der Waals surface area contributed by atoms with Crippen LogP contribution in [0.4, 0.5) is 5.69 Å². The number of hydrogen-bond donors (Lipinski definition) is 3. The average Bonchev–Trinajstić information content (AvgIpc) is 3.75. The van der Waals surface area contributed by atoms with Crippen LogP contribution in [0.1, 0.15) is 49.7 Å². The van der Waals surface area contributed by atoms with Crippen molar-refractivity contribution in [1.29, 1.82) is 0 Å². The van der Waals surface area contributed by atoms with E-state index in [0.717, 1.165) is 56.3 Å². The number of imidazole rings is 1. The third kappa shape index (κ3) is 6.36. The lowest BCUT2D eigenvalue weighted by molar-refractivity contribution is 0.607. The van der Waals surface area contributed by atoms with Crippen molar-refractivity contribution < 1.29 is 0 Å². The van der Waals surface area contributed by atoms with E-state index in [4.69, 9.17) is 10.7 Å². The number of aromatic nitrogens is 4. The molecule has 0 aliphatic heterocycles. The molecular weight excluding hydrogens is 500 g/mol. The van der Waals surface area contributed by atoms with E-state index in [1.165, 1.54) is 25.7 Å². The number of nitrogens with one attached hydrogen (secondary N) is 2. The minimum absolute atomic E-state index is 0.526. The Morgan fingerprint density at radius 3 is 2.74 bits per heavy atom. The molecular formula is C32H34N6S. The Balaban J connectivity index is 0.00000172. The summed E-state index contributed by atoms with van der Waals surface area (Å²) in [5.74, 6) is 1.36. The number of rotatable bonds is 9. The first kappa shape index (κ1) is 27.6. The topological polar surface area (TPSA) is 92.5 Å². The van der Waals surface area contributed by atoms with Crippen molar-refractivity contribution in [3.8, 4) is 24.1 Å². The number of anilines is 1. The van der Waals surface area contributed by atoms with Crippen LogP contribution in [0.2, 0.25) is 0 Å². The smallest absolute Gasteiger partial charge is 0.115 e. The predicted molar refractivity (Wildman–Crippen MR) is 165 cm³/mol. The number of nitrogens with zero attached hydrogens (tertiary/aromatic N) is 3. The summed E-state index contributed by atoms with van der Waals surface area (Å²) in [6.45, 7) is 10.3. The summed E-state index contributed by atoms with van der Waals surface area (Å²) in [5, 5.41) is 7.61. The van der Waals surface area contributed by atoms with Crippen molar-refractivity contribution in [3.05, 3.63) is 101 Å². The van der Waals surface area contributed by atoms with Gasteiger partial charge in [-0.2, -0.15) is 11.3 Å². The molecule has 0 radical (unpaired) electrons. The Hall–Kier alpha value is -4.41. The van der Waals surface area contributed by atoms with Gasteiger partial charge in [-0.25, -0.2) is 4.98 Å². The van der Waals surface area contributed by atoms with Crippen LogP contribution in [0.3, 0.4) is 0 Å². The van der Waals surface area contributed by atoms with Gasteiger partial charge in [0.15, 0.2) is 0 Å². The van der Waals surface area contributed by atoms with Gasteiger partial charge in [-0.15, -0.1) is 12.8 Å². The van der Waals surface area contributed by atoms with Crippen molar-refractivity contribution in [2.75, 3.05) is 5.73 Å². The first-order valence-electron chi connectivity index (χ1n) is 13.0. The maximum atomic E-state index is 6.35. The third-order valence-electron chi connectivity index (χ3n) is 6.92. The first-order chi connectivity index (χ1) is 19.1. The van der Waals surface area contributed by atoms with Gasteiger partial charge < -0.3 is 16.0 Å². The minimum atomic E-state index is 0.526. The number of terminal acetylenes is 1. The van der Waals surface area contributed by atoms with Crippen molar-refractivity contribution in [2.45, 2.75) is 39.0 Å². The minimum Gasteiger partial charge on any atom is -0.397 e. The molecule has 4 aromatic rings. The fourth-order valence-corrected chi connectivity index (χ4v) is 5.50. The van der Waals surface area contributed by atoms with Gasteiger partial charge in [0, 0.05) is 35.0 Å². The molecule has 0 unspecified atom stereocenters. The van der Waals surface area contributed by atoms with Gasteiger partial charge in [0.1, 0.15) is 11.3 Å². The Morgan fingerprint density at radius 1 is 1.26 bits per heavy atom. The summed E-state index contributed by atoms with van der Waals surface area (Å²) in [4.78, 5) is 17.5. The first-order valence-corrected chi connectivity index (χ1v) is 13.9. The molecule has 39 heavy (non-hydrogen) atoms. The molecule has 0 atom stereocenters. The molecule has 7 heteroatoms. The van der Waals surface area contributed by atoms with Crippen molar-refractivity contribution in [3.63, 3.8) is 0 Å². The molecule has 0 aromatic carbocycles. The summed E-state index contributed by atoms with van der Waals surface area (Å²) in [6, 6.07) is 6.06. The molecule has 4 N–H and O–H groups in total. The maximum absolute atomic E-state index is 6.35. The maximum Gasteiger partial charge on any atom is 0.115 e. The largest absolute Gasteiger partial charge is 0.397 e. The molecule has 4 aromatic heterocycles. The molecule has 1 fully saturated rings. The fourth-order valence-electron chi connectivity index (χ4n) is 4.86. The standard InChI is InChI=1S/C30H32N6S.C2H2/c1-4-20(14-24(5-2)34-19(3)21-8-6-7-9-21)27-15-23(25(31)17-33-27)16-28-35-26-10-12-32-29(30(26)36-28)22-11-13-37-18-22;1-2/h4-5,10-15,17-18,21,34H,2-3,6-9,16,31H2,1H3,(H,35,36);1-2H/b20-4+,24-14+;. The van der Waals surface area contributed by atoms with Crippen LogP contribution in [0.15, 0.2) is 84.1 Å². The molecule has 1 aliphatic carbocycles. The molecule has 1 aliphatic rings. The van der Waals surface area contributed by atoms with Crippen LogP contribution < -0.4 is 11.1 Å². The van der Waals surface area contributed by atoms with Gasteiger partial charge in [-0.3, -0.25) is 9.97 Å². The summed E-state index contributed by atoms with van der Waals surface area (Å²) < 4.78 is 0. The lowest BCUT2D eigenvalue weighted by atomic mass is 10.0. The lowest BCUT2D eigenvalue weighted by Gasteiger charge is -2.17. The third-order valence-corrected chi connectivity index (χ3v) is 7.60. The van der Waals surface area contributed by atoms with E-state index in [-0.39, 0.29) is 0 Å². The van der Waals surface area contributed by atoms with E-state index in [1.807, 2.05) is 42.8 Å². The van der Waals surface area contributed by atoms with Crippen LogP contribution in [0, 0.1) is 18.8 Å². The number of aromatic amines is 1. The lowest BCUT2D eigenvalue weighted by Crippen LogP contribution is -2.16. The molecule has 4 heterocycles. The second-order valence-corrected chi connectivity index (χ2v) is 10.2. The molecule has 198 valence electrons. The van der Waals surface area contributed by atoms with Gasteiger partial charge in [0.05, 0.1) is 28.8 Å². The second-order valence-electron chi connectivity index (χ2n) is 9.38. The average molecular weight is 535 g/mol. The molecule has 0 saturated heterocycles.